The van der Waals surface area contributed by atoms with Gasteiger partial charge in [-0.3, -0.25) is 9.59 Å². The van der Waals surface area contributed by atoms with Crippen LogP contribution in [-0.2, 0) is 14.3 Å². The van der Waals surface area contributed by atoms with Crippen LogP contribution in [0.15, 0.2) is 0 Å². The Morgan fingerprint density at radius 1 is 1.39 bits per heavy atom. The predicted octanol–water partition coefficient (Wildman–Crippen LogP) is 1.44. The van der Waals surface area contributed by atoms with E-state index in [1.165, 1.54) is 6.92 Å². The number of rotatable bonds is 5. The molecule has 2 atom stereocenters. The largest absolute Gasteiger partial charge is 0.471 e. The van der Waals surface area contributed by atoms with Gasteiger partial charge in [-0.1, -0.05) is 13.8 Å². The summed E-state index contributed by atoms with van der Waals surface area (Å²) >= 11 is 0. The first-order chi connectivity index (χ1) is 8.06. The van der Waals surface area contributed by atoms with E-state index in [1.807, 2.05) is 0 Å². The van der Waals surface area contributed by atoms with Gasteiger partial charge in [0.1, 0.15) is 5.60 Å². The summed E-state index contributed by atoms with van der Waals surface area (Å²) in [5, 5.41) is 1.74. The lowest BCUT2D eigenvalue weighted by atomic mass is 9.93. The van der Waals surface area contributed by atoms with Crippen molar-refractivity contribution in [1.82, 2.24) is 5.32 Å². The van der Waals surface area contributed by atoms with Crippen LogP contribution in [0.25, 0.3) is 0 Å². The standard InChI is InChI=1S/C11H16F3NO3/c1-6(2)4-7(8(16)10(3)5-18-10)15-9(17)11(12,13)14/h6-7H,4-5H2,1-3H3,(H,15,17). The Morgan fingerprint density at radius 3 is 2.22 bits per heavy atom. The molecule has 104 valence electrons. The average Bonchev–Trinajstić information content (AvgIpc) is 2.93. The van der Waals surface area contributed by atoms with E-state index in [-0.39, 0.29) is 18.9 Å². The molecule has 0 spiro atoms. The third-order valence-electron chi connectivity index (χ3n) is 2.68. The fourth-order valence-corrected chi connectivity index (χ4v) is 1.56. The van der Waals surface area contributed by atoms with Crippen LogP contribution < -0.4 is 5.32 Å². The summed E-state index contributed by atoms with van der Waals surface area (Å²) in [7, 11) is 0. The van der Waals surface area contributed by atoms with Crippen LogP contribution in [0.2, 0.25) is 0 Å². The van der Waals surface area contributed by atoms with E-state index in [0.29, 0.717) is 0 Å². The lowest BCUT2D eigenvalue weighted by Gasteiger charge is -2.21. The Bertz CT molecular complexity index is 348. The van der Waals surface area contributed by atoms with E-state index in [4.69, 9.17) is 4.74 Å². The summed E-state index contributed by atoms with van der Waals surface area (Å²) in [5.74, 6) is -2.62. The molecule has 1 rings (SSSR count). The van der Waals surface area contributed by atoms with E-state index in [0.717, 1.165) is 0 Å². The summed E-state index contributed by atoms with van der Waals surface area (Å²) in [6, 6.07) is -1.16. The van der Waals surface area contributed by atoms with Crippen molar-refractivity contribution in [3.8, 4) is 0 Å². The molecule has 1 saturated heterocycles. The van der Waals surface area contributed by atoms with Gasteiger partial charge in [0.2, 0.25) is 0 Å². The highest BCUT2D eigenvalue weighted by Crippen LogP contribution is 2.30. The summed E-state index contributed by atoms with van der Waals surface area (Å²) < 4.78 is 41.4. The second kappa shape index (κ2) is 4.87. The zero-order chi connectivity index (χ0) is 14.1. The number of Topliss-reactive ketones (excluding diaryl/α,β-unsaturated/α-hetero) is 1. The molecule has 7 heteroatoms. The number of alkyl halides is 3. The molecular weight excluding hydrogens is 251 g/mol. The number of hydrogen-bond donors (Lipinski definition) is 1. The molecule has 0 saturated carbocycles. The number of ether oxygens (including phenoxy) is 1. The molecule has 1 fully saturated rings. The fourth-order valence-electron chi connectivity index (χ4n) is 1.56. The first-order valence-corrected chi connectivity index (χ1v) is 5.62. The molecule has 1 aliphatic heterocycles. The van der Waals surface area contributed by atoms with Gasteiger partial charge in [-0.05, 0) is 19.3 Å². The first-order valence-electron chi connectivity index (χ1n) is 5.62. The number of amides is 1. The van der Waals surface area contributed by atoms with Crippen LogP contribution in [0.3, 0.4) is 0 Å². The topological polar surface area (TPSA) is 58.7 Å². The molecule has 0 aromatic heterocycles. The zero-order valence-corrected chi connectivity index (χ0v) is 10.4. The molecular formula is C11H16F3NO3. The van der Waals surface area contributed by atoms with Gasteiger partial charge < -0.3 is 10.1 Å². The van der Waals surface area contributed by atoms with Crippen molar-refractivity contribution in [2.75, 3.05) is 6.61 Å². The first kappa shape index (κ1) is 14.9. The molecule has 1 heterocycles. The third-order valence-corrected chi connectivity index (χ3v) is 2.68. The van der Waals surface area contributed by atoms with Crippen molar-refractivity contribution < 1.29 is 27.5 Å². The SMILES string of the molecule is CC(C)CC(NC(=O)C(F)(F)F)C(=O)C1(C)CO1. The van der Waals surface area contributed by atoms with Crippen molar-refractivity contribution in [3.63, 3.8) is 0 Å². The number of halogens is 3. The molecule has 0 aliphatic carbocycles. The molecule has 1 aliphatic rings. The van der Waals surface area contributed by atoms with Crippen LogP contribution in [0.4, 0.5) is 13.2 Å². The van der Waals surface area contributed by atoms with Crippen molar-refractivity contribution >= 4 is 11.7 Å². The smallest absolute Gasteiger partial charge is 0.361 e. The van der Waals surface area contributed by atoms with E-state index in [2.05, 4.69) is 0 Å². The van der Waals surface area contributed by atoms with Crippen LogP contribution >= 0.6 is 0 Å². The second-order valence-corrected chi connectivity index (χ2v) is 5.04. The lowest BCUT2D eigenvalue weighted by Crippen LogP contribution is -2.50. The molecule has 1 amide bonds. The minimum absolute atomic E-state index is 0.0187. The maximum absolute atomic E-state index is 12.2. The van der Waals surface area contributed by atoms with Gasteiger partial charge >= 0.3 is 12.1 Å². The van der Waals surface area contributed by atoms with Gasteiger partial charge in [-0.25, -0.2) is 0 Å². The average molecular weight is 267 g/mol. The molecule has 0 aromatic carbocycles. The van der Waals surface area contributed by atoms with Gasteiger partial charge in [-0.2, -0.15) is 13.2 Å². The van der Waals surface area contributed by atoms with Gasteiger partial charge in [0, 0.05) is 0 Å². The van der Waals surface area contributed by atoms with Crippen LogP contribution in [0.5, 0.6) is 0 Å². The van der Waals surface area contributed by atoms with Gasteiger partial charge in [0.05, 0.1) is 12.6 Å². The number of epoxide rings is 1. The number of ketones is 1. The maximum atomic E-state index is 12.2. The van der Waals surface area contributed by atoms with E-state index < -0.39 is 29.5 Å². The Balaban J connectivity index is 2.73. The highest BCUT2D eigenvalue weighted by Gasteiger charge is 2.51. The van der Waals surface area contributed by atoms with E-state index in [1.54, 1.807) is 19.2 Å². The van der Waals surface area contributed by atoms with Crippen LogP contribution in [-0.4, -0.2) is 36.1 Å². The second-order valence-electron chi connectivity index (χ2n) is 5.04. The highest BCUT2D eigenvalue weighted by molar-refractivity contribution is 5.97. The Labute approximate surface area is 103 Å². The van der Waals surface area contributed by atoms with Crippen LogP contribution in [0, 0.1) is 5.92 Å². The summed E-state index contributed by atoms with van der Waals surface area (Å²) in [6.45, 7) is 5.21. The summed E-state index contributed by atoms with van der Waals surface area (Å²) in [5.41, 5.74) is -1.04. The summed E-state index contributed by atoms with van der Waals surface area (Å²) in [6.07, 6.45) is -4.83. The third kappa shape index (κ3) is 3.69. The van der Waals surface area contributed by atoms with E-state index in [9.17, 15) is 22.8 Å². The molecule has 1 N–H and O–H groups in total. The van der Waals surface area contributed by atoms with Crippen molar-refractivity contribution in [1.29, 1.82) is 0 Å². The van der Waals surface area contributed by atoms with Crippen molar-refractivity contribution in [2.24, 2.45) is 5.92 Å². The number of carbonyl (C=O) groups excluding carboxylic acids is 2. The zero-order valence-electron chi connectivity index (χ0n) is 10.4. The predicted molar refractivity (Wildman–Crippen MR) is 56.8 cm³/mol. The monoisotopic (exact) mass is 267 g/mol. The number of carbonyl (C=O) groups is 2. The minimum Gasteiger partial charge on any atom is -0.361 e. The van der Waals surface area contributed by atoms with Gasteiger partial charge in [0.15, 0.2) is 5.78 Å². The van der Waals surface area contributed by atoms with Crippen molar-refractivity contribution in [2.45, 2.75) is 45.0 Å². The maximum Gasteiger partial charge on any atom is 0.471 e. The molecule has 0 aromatic rings. The van der Waals surface area contributed by atoms with Gasteiger partial charge in [0.25, 0.3) is 0 Å². The van der Waals surface area contributed by atoms with Crippen molar-refractivity contribution in [3.05, 3.63) is 0 Å². The normalized spacial score (nSPS) is 24.8. The Hall–Kier alpha value is -1.11. The lowest BCUT2D eigenvalue weighted by molar-refractivity contribution is -0.175. The highest BCUT2D eigenvalue weighted by atomic mass is 19.4. The Morgan fingerprint density at radius 2 is 1.89 bits per heavy atom. The summed E-state index contributed by atoms with van der Waals surface area (Å²) in [4.78, 5) is 22.8. The van der Waals surface area contributed by atoms with E-state index >= 15 is 0 Å². The number of nitrogens with one attached hydrogen (secondary N) is 1. The molecule has 18 heavy (non-hydrogen) atoms. The molecule has 2 unspecified atom stereocenters. The molecule has 0 bridgehead atoms. The molecule has 4 nitrogen and oxygen atoms in total. The minimum atomic E-state index is -4.99. The Kier molecular flexibility index (Phi) is 4.05. The van der Waals surface area contributed by atoms with Crippen LogP contribution in [0.1, 0.15) is 27.2 Å². The fraction of sp³-hybridized carbons (Fsp3) is 0.818. The van der Waals surface area contributed by atoms with Gasteiger partial charge in [-0.15, -0.1) is 0 Å². The number of hydrogen-bond acceptors (Lipinski definition) is 3. The quantitative estimate of drug-likeness (QED) is 0.767. The molecule has 0 radical (unpaired) electrons.